The molecule has 1 saturated heterocycles. The number of fused-ring (bicyclic) bond motifs is 1. The van der Waals surface area contributed by atoms with Gasteiger partial charge in [0.2, 0.25) is 5.82 Å². The third kappa shape index (κ3) is 2.75. The average Bonchev–Trinajstić information content (AvgIpc) is 3.21. The summed E-state index contributed by atoms with van der Waals surface area (Å²) in [7, 11) is 0. The topological polar surface area (TPSA) is 63.4 Å². The number of likely N-dealkylation sites (tertiary alicyclic amines) is 1. The van der Waals surface area contributed by atoms with Crippen LogP contribution in [0.5, 0.6) is 0 Å². The Balaban J connectivity index is 1.67. The molecule has 25 heavy (non-hydrogen) atoms. The molecular formula is C18H18FN5O. The fourth-order valence-electron chi connectivity index (χ4n) is 3.43. The summed E-state index contributed by atoms with van der Waals surface area (Å²) >= 11 is 0. The second kappa shape index (κ2) is 5.91. The molecule has 1 aromatic carbocycles. The lowest BCUT2D eigenvalue weighted by Crippen LogP contribution is -2.31. The lowest BCUT2D eigenvalue weighted by atomic mass is 10.0. The molecule has 7 heteroatoms. The molecule has 3 aromatic rings. The minimum Gasteiger partial charge on any atom is -0.329 e. The minimum atomic E-state index is -0.279. The van der Waals surface area contributed by atoms with Gasteiger partial charge in [0.15, 0.2) is 0 Å². The molecule has 1 amide bonds. The Hall–Kier alpha value is -2.83. The Morgan fingerprint density at radius 2 is 1.96 bits per heavy atom. The van der Waals surface area contributed by atoms with Gasteiger partial charge in [-0.1, -0.05) is 12.1 Å². The van der Waals surface area contributed by atoms with Crippen LogP contribution in [-0.2, 0) is 0 Å². The van der Waals surface area contributed by atoms with Crippen LogP contribution in [0.4, 0.5) is 4.39 Å². The van der Waals surface area contributed by atoms with Gasteiger partial charge in [0.1, 0.15) is 5.82 Å². The van der Waals surface area contributed by atoms with Crippen LogP contribution in [0.25, 0.3) is 5.78 Å². The molecule has 0 bridgehead atoms. The summed E-state index contributed by atoms with van der Waals surface area (Å²) in [6, 6.07) is 8.14. The maximum Gasteiger partial charge on any atom is 0.294 e. The predicted molar refractivity (Wildman–Crippen MR) is 89.7 cm³/mol. The maximum absolute atomic E-state index is 13.2. The third-order valence-electron chi connectivity index (χ3n) is 4.58. The zero-order valence-corrected chi connectivity index (χ0v) is 14.1. The van der Waals surface area contributed by atoms with Crippen LogP contribution in [-0.4, -0.2) is 36.9 Å². The van der Waals surface area contributed by atoms with Crippen molar-refractivity contribution in [2.45, 2.75) is 32.7 Å². The van der Waals surface area contributed by atoms with E-state index in [1.165, 1.54) is 12.1 Å². The lowest BCUT2D eigenvalue weighted by molar-refractivity contribution is 0.0723. The van der Waals surface area contributed by atoms with Gasteiger partial charge in [0, 0.05) is 17.9 Å². The first-order valence-corrected chi connectivity index (χ1v) is 8.30. The molecule has 0 aliphatic carbocycles. The highest BCUT2D eigenvalue weighted by Gasteiger charge is 2.32. The monoisotopic (exact) mass is 339 g/mol. The fraction of sp³-hybridized carbons (Fsp3) is 0.333. The lowest BCUT2D eigenvalue weighted by Gasteiger charge is -2.23. The summed E-state index contributed by atoms with van der Waals surface area (Å²) in [4.78, 5) is 23.4. The van der Waals surface area contributed by atoms with Gasteiger partial charge in [-0.05, 0) is 50.5 Å². The SMILES string of the molecule is Cc1cc(C)n2nc(C(=O)N3CCCC3c3ccc(F)cc3)nc2n1. The first-order valence-electron chi connectivity index (χ1n) is 8.30. The molecule has 1 aliphatic heterocycles. The van der Waals surface area contributed by atoms with Crippen LogP contribution in [0.3, 0.4) is 0 Å². The number of carbonyl (C=O) groups is 1. The van der Waals surface area contributed by atoms with Crippen molar-refractivity contribution in [1.29, 1.82) is 0 Å². The molecule has 128 valence electrons. The number of hydrogen-bond donors (Lipinski definition) is 0. The number of aromatic nitrogens is 4. The van der Waals surface area contributed by atoms with Crippen molar-refractivity contribution in [2.24, 2.45) is 0 Å². The smallest absolute Gasteiger partial charge is 0.294 e. The zero-order chi connectivity index (χ0) is 17.6. The summed E-state index contributed by atoms with van der Waals surface area (Å²) in [6.45, 7) is 4.43. The van der Waals surface area contributed by atoms with Crippen LogP contribution in [0, 0.1) is 19.7 Å². The van der Waals surface area contributed by atoms with Gasteiger partial charge in [-0.2, -0.15) is 4.98 Å². The average molecular weight is 339 g/mol. The second-order valence-corrected chi connectivity index (χ2v) is 6.39. The van der Waals surface area contributed by atoms with Gasteiger partial charge >= 0.3 is 0 Å². The summed E-state index contributed by atoms with van der Waals surface area (Å²) in [5, 5.41) is 4.33. The standard InChI is InChI=1S/C18H18FN5O/c1-11-10-12(2)24-18(20-11)21-16(22-24)17(25)23-9-3-4-15(23)13-5-7-14(19)8-6-13/h5-8,10,15H,3-4,9H2,1-2H3. The number of carbonyl (C=O) groups excluding carboxylic acids is 1. The van der Waals surface area contributed by atoms with Gasteiger partial charge in [-0.25, -0.2) is 13.9 Å². The minimum absolute atomic E-state index is 0.0736. The van der Waals surface area contributed by atoms with Crippen LogP contribution < -0.4 is 0 Å². The molecule has 1 aliphatic rings. The van der Waals surface area contributed by atoms with E-state index in [-0.39, 0.29) is 23.6 Å². The molecule has 0 radical (unpaired) electrons. The molecule has 1 unspecified atom stereocenters. The summed E-state index contributed by atoms with van der Waals surface area (Å²) in [6.07, 6.45) is 1.75. The molecule has 3 heterocycles. The number of amides is 1. The maximum atomic E-state index is 13.2. The molecule has 1 fully saturated rings. The molecule has 0 spiro atoms. The van der Waals surface area contributed by atoms with E-state index in [4.69, 9.17) is 0 Å². The highest BCUT2D eigenvalue weighted by Crippen LogP contribution is 2.32. The fourth-order valence-corrected chi connectivity index (χ4v) is 3.43. The van der Waals surface area contributed by atoms with Gasteiger partial charge in [0.05, 0.1) is 6.04 Å². The molecular weight excluding hydrogens is 321 g/mol. The molecule has 6 nitrogen and oxygen atoms in total. The van der Waals surface area contributed by atoms with Crippen LogP contribution >= 0.6 is 0 Å². The first-order chi connectivity index (χ1) is 12.0. The van der Waals surface area contributed by atoms with Crippen molar-refractivity contribution in [3.05, 3.63) is 58.9 Å². The van der Waals surface area contributed by atoms with Crippen molar-refractivity contribution >= 4 is 11.7 Å². The Bertz CT molecular complexity index is 950. The van der Waals surface area contributed by atoms with E-state index in [0.29, 0.717) is 12.3 Å². The second-order valence-electron chi connectivity index (χ2n) is 6.39. The molecule has 0 saturated carbocycles. The van der Waals surface area contributed by atoms with Gasteiger partial charge in [-0.3, -0.25) is 4.79 Å². The molecule has 0 N–H and O–H groups in total. The molecule has 4 rings (SSSR count). The van der Waals surface area contributed by atoms with Gasteiger partial charge in [0.25, 0.3) is 11.7 Å². The van der Waals surface area contributed by atoms with Crippen molar-refractivity contribution in [3.8, 4) is 0 Å². The van der Waals surface area contributed by atoms with E-state index >= 15 is 0 Å². The summed E-state index contributed by atoms with van der Waals surface area (Å²) < 4.78 is 14.8. The molecule has 2 aromatic heterocycles. The highest BCUT2D eigenvalue weighted by atomic mass is 19.1. The van der Waals surface area contributed by atoms with Crippen LogP contribution in [0.15, 0.2) is 30.3 Å². The number of nitrogens with zero attached hydrogens (tertiary/aromatic N) is 5. The van der Waals surface area contributed by atoms with E-state index in [1.807, 2.05) is 19.9 Å². The predicted octanol–water partition coefficient (Wildman–Crippen LogP) is 2.86. The van der Waals surface area contributed by atoms with Crippen molar-refractivity contribution in [2.75, 3.05) is 6.54 Å². The molecule has 1 atom stereocenters. The van der Waals surface area contributed by atoms with Crippen LogP contribution in [0.1, 0.15) is 46.5 Å². The van der Waals surface area contributed by atoms with E-state index < -0.39 is 0 Å². The first kappa shape index (κ1) is 15.7. The van der Waals surface area contributed by atoms with Crippen molar-refractivity contribution < 1.29 is 9.18 Å². The summed E-state index contributed by atoms with van der Waals surface area (Å²) in [5.74, 6) is 0.0847. The van der Waals surface area contributed by atoms with E-state index in [9.17, 15) is 9.18 Å². The number of halogens is 1. The van der Waals surface area contributed by atoms with Crippen molar-refractivity contribution in [1.82, 2.24) is 24.5 Å². The van der Waals surface area contributed by atoms with Crippen LogP contribution in [0.2, 0.25) is 0 Å². The zero-order valence-electron chi connectivity index (χ0n) is 14.1. The van der Waals surface area contributed by atoms with E-state index in [1.54, 1.807) is 21.5 Å². The Labute approximate surface area is 144 Å². The number of rotatable bonds is 2. The number of aryl methyl sites for hydroxylation is 2. The summed E-state index contributed by atoms with van der Waals surface area (Å²) in [5.41, 5.74) is 2.65. The number of hydrogen-bond acceptors (Lipinski definition) is 4. The number of benzene rings is 1. The normalized spacial score (nSPS) is 17.4. The quantitative estimate of drug-likeness (QED) is 0.720. The van der Waals surface area contributed by atoms with E-state index in [2.05, 4.69) is 15.1 Å². The van der Waals surface area contributed by atoms with E-state index in [0.717, 1.165) is 29.8 Å². The largest absolute Gasteiger partial charge is 0.329 e. The van der Waals surface area contributed by atoms with Gasteiger partial charge < -0.3 is 4.90 Å². The Kier molecular flexibility index (Phi) is 3.71. The van der Waals surface area contributed by atoms with Crippen molar-refractivity contribution in [3.63, 3.8) is 0 Å². The third-order valence-corrected chi connectivity index (χ3v) is 4.58. The highest BCUT2D eigenvalue weighted by molar-refractivity contribution is 5.91. The Morgan fingerprint density at radius 3 is 2.72 bits per heavy atom. The Morgan fingerprint density at radius 1 is 1.20 bits per heavy atom. The van der Waals surface area contributed by atoms with Gasteiger partial charge in [-0.15, -0.1) is 5.10 Å².